The molecular weight excluding hydrogens is 250 g/mol. The number of methoxy groups -OCH3 is 1. The van der Waals surface area contributed by atoms with E-state index in [0.29, 0.717) is 5.15 Å². The minimum atomic E-state index is 0.446. The molecule has 18 heavy (non-hydrogen) atoms. The van der Waals surface area contributed by atoms with Crippen LogP contribution in [0.25, 0.3) is 16.9 Å². The third kappa shape index (κ3) is 1.91. The molecule has 0 aliphatic carbocycles. The fourth-order valence-corrected chi connectivity index (χ4v) is 1.90. The standard InChI is InChI=1S/C13H10ClN3O/c1-18-10-4-2-9(3-5-10)11-8-17-13(15-11)7-6-12(14)16-17/h2-8H,1H3. The summed E-state index contributed by atoms with van der Waals surface area (Å²) in [4.78, 5) is 4.48. The van der Waals surface area contributed by atoms with Crippen molar-refractivity contribution in [3.63, 3.8) is 0 Å². The number of rotatable bonds is 2. The highest BCUT2D eigenvalue weighted by Crippen LogP contribution is 2.22. The van der Waals surface area contributed by atoms with Gasteiger partial charge >= 0.3 is 0 Å². The van der Waals surface area contributed by atoms with Gasteiger partial charge in [0.25, 0.3) is 0 Å². The van der Waals surface area contributed by atoms with Crippen molar-refractivity contribution >= 4 is 17.2 Å². The summed E-state index contributed by atoms with van der Waals surface area (Å²) < 4.78 is 6.79. The molecule has 1 aromatic carbocycles. The minimum Gasteiger partial charge on any atom is -0.497 e. The van der Waals surface area contributed by atoms with E-state index in [1.165, 1.54) is 0 Å². The Morgan fingerprint density at radius 1 is 1.11 bits per heavy atom. The van der Waals surface area contributed by atoms with E-state index in [4.69, 9.17) is 16.3 Å². The SMILES string of the molecule is COc1ccc(-c2cn3nc(Cl)ccc3n2)cc1. The second-order valence-corrected chi connectivity index (χ2v) is 4.20. The Morgan fingerprint density at radius 3 is 2.61 bits per heavy atom. The maximum absolute atomic E-state index is 5.84. The normalized spacial score (nSPS) is 10.8. The summed E-state index contributed by atoms with van der Waals surface area (Å²) in [6, 6.07) is 11.3. The zero-order chi connectivity index (χ0) is 12.5. The van der Waals surface area contributed by atoms with E-state index in [1.54, 1.807) is 17.7 Å². The predicted molar refractivity (Wildman–Crippen MR) is 70.0 cm³/mol. The average molecular weight is 260 g/mol. The molecule has 0 spiro atoms. The van der Waals surface area contributed by atoms with Gasteiger partial charge in [-0.25, -0.2) is 9.50 Å². The van der Waals surface area contributed by atoms with Crippen molar-refractivity contribution in [3.8, 4) is 17.0 Å². The van der Waals surface area contributed by atoms with E-state index in [-0.39, 0.29) is 0 Å². The highest BCUT2D eigenvalue weighted by Gasteiger charge is 2.05. The molecule has 0 bridgehead atoms. The average Bonchev–Trinajstić information content (AvgIpc) is 2.81. The van der Waals surface area contributed by atoms with Crippen molar-refractivity contribution in [1.82, 2.24) is 14.6 Å². The van der Waals surface area contributed by atoms with E-state index in [9.17, 15) is 0 Å². The van der Waals surface area contributed by atoms with Gasteiger partial charge in [0.15, 0.2) is 5.65 Å². The first-order chi connectivity index (χ1) is 8.76. The number of fused-ring (bicyclic) bond motifs is 1. The van der Waals surface area contributed by atoms with E-state index < -0.39 is 0 Å². The van der Waals surface area contributed by atoms with E-state index in [2.05, 4.69) is 10.1 Å². The third-order valence-corrected chi connectivity index (χ3v) is 2.87. The van der Waals surface area contributed by atoms with Gasteiger partial charge in [-0.05, 0) is 36.4 Å². The van der Waals surface area contributed by atoms with Gasteiger partial charge in [-0.15, -0.1) is 0 Å². The van der Waals surface area contributed by atoms with Gasteiger partial charge in [-0.2, -0.15) is 5.10 Å². The zero-order valence-corrected chi connectivity index (χ0v) is 10.4. The lowest BCUT2D eigenvalue weighted by atomic mass is 10.2. The molecule has 0 saturated heterocycles. The van der Waals surface area contributed by atoms with Crippen molar-refractivity contribution in [2.24, 2.45) is 0 Å². The molecule has 90 valence electrons. The molecule has 3 aromatic rings. The van der Waals surface area contributed by atoms with E-state index in [0.717, 1.165) is 22.7 Å². The summed E-state index contributed by atoms with van der Waals surface area (Å²) in [5.74, 6) is 0.823. The smallest absolute Gasteiger partial charge is 0.154 e. The number of hydrogen-bond donors (Lipinski definition) is 0. The van der Waals surface area contributed by atoms with Crippen LogP contribution in [0.1, 0.15) is 0 Å². The Morgan fingerprint density at radius 2 is 1.89 bits per heavy atom. The molecule has 0 N–H and O–H groups in total. The molecule has 2 heterocycles. The van der Waals surface area contributed by atoms with Crippen LogP contribution in [0.2, 0.25) is 5.15 Å². The molecule has 0 saturated carbocycles. The Bertz CT molecular complexity index is 691. The van der Waals surface area contributed by atoms with Crippen LogP contribution in [0.3, 0.4) is 0 Å². The number of halogens is 1. The molecule has 4 nitrogen and oxygen atoms in total. The molecule has 0 unspecified atom stereocenters. The van der Waals surface area contributed by atoms with Crippen LogP contribution >= 0.6 is 11.6 Å². The summed E-state index contributed by atoms with van der Waals surface area (Å²) in [5.41, 5.74) is 2.63. The Labute approximate surface area is 109 Å². The van der Waals surface area contributed by atoms with E-state index >= 15 is 0 Å². The number of nitrogens with zero attached hydrogens (tertiary/aromatic N) is 3. The number of aromatic nitrogens is 3. The van der Waals surface area contributed by atoms with Crippen LogP contribution in [-0.4, -0.2) is 21.7 Å². The summed E-state index contributed by atoms with van der Waals surface area (Å²) in [7, 11) is 1.64. The zero-order valence-electron chi connectivity index (χ0n) is 9.67. The van der Waals surface area contributed by atoms with E-state index in [1.807, 2.05) is 36.5 Å². The van der Waals surface area contributed by atoms with Gasteiger partial charge in [-0.1, -0.05) is 11.6 Å². The molecule has 3 rings (SSSR count). The number of imidazole rings is 1. The highest BCUT2D eigenvalue weighted by molar-refractivity contribution is 6.29. The molecule has 0 radical (unpaired) electrons. The largest absolute Gasteiger partial charge is 0.497 e. The minimum absolute atomic E-state index is 0.446. The van der Waals surface area contributed by atoms with Gasteiger partial charge in [0.05, 0.1) is 19.0 Å². The first-order valence-corrected chi connectivity index (χ1v) is 5.80. The first-order valence-electron chi connectivity index (χ1n) is 5.42. The van der Waals surface area contributed by atoms with Gasteiger partial charge in [-0.3, -0.25) is 0 Å². The maximum Gasteiger partial charge on any atom is 0.154 e. The van der Waals surface area contributed by atoms with Crippen molar-refractivity contribution in [1.29, 1.82) is 0 Å². The summed E-state index contributed by atoms with van der Waals surface area (Å²) in [5, 5.41) is 4.60. The quantitative estimate of drug-likeness (QED) is 0.710. The van der Waals surface area contributed by atoms with Gasteiger partial charge < -0.3 is 4.74 Å². The topological polar surface area (TPSA) is 39.4 Å². The summed E-state index contributed by atoms with van der Waals surface area (Å²) in [6.07, 6.45) is 1.85. The highest BCUT2D eigenvalue weighted by atomic mass is 35.5. The lowest BCUT2D eigenvalue weighted by molar-refractivity contribution is 0.415. The lowest BCUT2D eigenvalue weighted by Gasteiger charge is -1.99. The Hall–Kier alpha value is -2.07. The number of benzene rings is 1. The monoisotopic (exact) mass is 259 g/mol. The van der Waals surface area contributed by atoms with Crippen molar-refractivity contribution in [2.45, 2.75) is 0 Å². The lowest BCUT2D eigenvalue weighted by Crippen LogP contribution is -1.88. The van der Waals surface area contributed by atoms with Crippen LogP contribution in [0.4, 0.5) is 0 Å². The van der Waals surface area contributed by atoms with Crippen LogP contribution in [0.5, 0.6) is 5.75 Å². The van der Waals surface area contributed by atoms with Gasteiger partial charge in [0, 0.05) is 5.56 Å². The third-order valence-electron chi connectivity index (χ3n) is 2.67. The molecule has 0 atom stereocenters. The van der Waals surface area contributed by atoms with Crippen LogP contribution in [-0.2, 0) is 0 Å². The number of ether oxygens (including phenoxy) is 1. The molecule has 0 aliphatic heterocycles. The van der Waals surface area contributed by atoms with Crippen LogP contribution in [0.15, 0.2) is 42.6 Å². The molecule has 0 fully saturated rings. The Kier molecular flexibility index (Phi) is 2.64. The molecule has 2 aromatic heterocycles. The summed E-state index contributed by atoms with van der Waals surface area (Å²) >= 11 is 5.84. The molecule has 0 aliphatic rings. The van der Waals surface area contributed by atoms with Crippen molar-refractivity contribution < 1.29 is 4.74 Å². The number of hydrogen-bond acceptors (Lipinski definition) is 3. The fraction of sp³-hybridized carbons (Fsp3) is 0.0769. The molecular formula is C13H10ClN3O. The summed E-state index contributed by atoms with van der Waals surface area (Å²) in [6.45, 7) is 0. The van der Waals surface area contributed by atoms with Crippen LogP contribution < -0.4 is 4.74 Å². The van der Waals surface area contributed by atoms with Gasteiger partial charge in [0.2, 0.25) is 0 Å². The second-order valence-electron chi connectivity index (χ2n) is 3.81. The fourth-order valence-electron chi connectivity index (χ4n) is 1.76. The van der Waals surface area contributed by atoms with Crippen LogP contribution in [0, 0.1) is 0 Å². The van der Waals surface area contributed by atoms with Crippen molar-refractivity contribution in [2.75, 3.05) is 7.11 Å². The molecule has 5 heteroatoms. The Balaban J connectivity index is 2.07. The second kappa shape index (κ2) is 4.31. The van der Waals surface area contributed by atoms with Gasteiger partial charge in [0.1, 0.15) is 10.9 Å². The molecule has 0 amide bonds. The predicted octanol–water partition coefficient (Wildman–Crippen LogP) is 3.06. The first kappa shape index (κ1) is 11.0. The maximum atomic E-state index is 5.84. The van der Waals surface area contributed by atoms with Crippen molar-refractivity contribution in [3.05, 3.63) is 47.7 Å².